The molecule has 7 rings (SSSR count). The number of nitrogens with one attached hydrogen (secondary N) is 1. The van der Waals surface area contributed by atoms with Gasteiger partial charge < -0.3 is 28.8 Å². The van der Waals surface area contributed by atoms with Crippen LogP contribution in [0.15, 0.2) is 109 Å². The molecule has 0 spiro atoms. The van der Waals surface area contributed by atoms with Crippen molar-refractivity contribution in [2.24, 2.45) is 0 Å². The molecule has 3 unspecified atom stereocenters. The summed E-state index contributed by atoms with van der Waals surface area (Å²) in [7, 11) is -2.13. The zero-order chi connectivity index (χ0) is 60.2. The molecule has 19 heteroatoms. The number of alkyl carbamates (subject to hydrolysis) is 1. The van der Waals surface area contributed by atoms with Gasteiger partial charge in [-0.2, -0.15) is 0 Å². The number of hydrogen-bond donors (Lipinski definition) is 1. The first kappa shape index (κ1) is 64.3. The van der Waals surface area contributed by atoms with Gasteiger partial charge in [0.1, 0.15) is 41.6 Å². The number of nitrogens with zero attached hydrogens (tertiary/aromatic N) is 6. The quantitative estimate of drug-likeness (QED) is 0.0461. The first-order valence-electron chi connectivity index (χ1n) is 28.0. The lowest BCUT2D eigenvalue weighted by molar-refractivity contribution is 0.0526. The van der Waals surface area contributed by atoms with Crippen molar-refractivity contribution in [3.8, 4) is 52.8 Å². The van der Waals surface area contributed by atoms with E-state index in [1.807, 2.05) is 119 Å². The first-order chi connectivity index (χ1) is 40.3. The number of unbranched alkanes of at least 4 members (excludes halogenated alkanes) is 1. The van der Waals surface area contributed by atoms with Crippen LogP contribution in [-0.4, -0.2) is 135 Å². The minimum absolute atomic E-state index is 0.0789. The maximum atomic E-state index is 14.2. The lowest BCUT2D eigenvalue weighted by Gasteiger charge is -2.34. The van der Waals surface area contributed by atoms with Crippen LogP contribution in [0.25, 0.3) is 0 Å². The molecule has 0 saturated carbocycles. The predicted octanol–water partition coefficient (Wildman–Crippen LogP) is 9.72. The van der Waals surface area contributed by atoms with Gasteiger partial charge in [0.2, 0.25) is 7.37 Å². The van der Waals surface area contributed by atoms with Gasteiger partial charge in [0.25, 0.3) is 10.9 Å². The summed E-state index contributed by atoms with van der Waals surface area (Å²) in [6.45, 7) is 17.1. The fourth-order valence-corrected chi connectivity index (χ4v) is 11.8. The van der Waals surface area contributed by atoms with E-state index in [1.54, 1.807) is 59.5 Å². The Morgan fingerprint density at radius 3 is 1.50 bits per heavy atom. The predicted molar refractivity (Wildman–Crippen MR) is 334 cm³/mol. The molecule has 0 radical (unpaired) electrons. The van der Waals surface area contributed by atoms with Crippen LogP contribution >= 0.6 is 23.0 Å². The number of carbonyl (C=O) groups excluding carboxylic acids is 1. The molecule has 16 nitrogen and oxygen atoms in total. The fourth-order valence-electron chi connectivity index (χ4n) is 9.29. The van der Waals surface area contributed by atoms with E-state index in [0.717, 1.165) is 58.2 Å². The molecule has 3 aromatic carbocycles. The van der Waals surface area contributed by atoms with Crippen LogP contribution in [0.4, 0.5) is 4.79 Å². The first-order valence-corrected chi connectivity index (χ1v) is 33.5. The smallest absolute Gasteiger partial charge is 0.407 e. The van der Waals surface area contributed by atoms with Gasteiger partial charge >= 0.3 is 21.7 Å². The number of carbonyl (C=O) groups is 1. The Morgan fingerprint density at radius 2 is 1.04 bits per heavy atom. The largest absolute Gasteiger partial charge is 0.497 e. The van der Waals surface area contributed by atoms with E-state index in [-0.39, 0.29) is 12.6 Å². The van der Waals surface area contributed by atoms with E-state index >= 15 is 0 Å². The minimum atomic E-state index is -3.37. The van der Waals surface area contributed by atoms with Crippen LogP contribution < -0.4 is 35.8 Å². The molecular formula is C65H76N7O9P3+2. The zero-order valence-corrected chi connectivity index (χ0v) is 52.5. The second-order valence-electron chi connectivity index (χ2n) is 21.4. The number of benzene rings is 3. The van der Waals surface area contributed by atoms with E-state index in [4.69, 9.17) is 38.4 Å². The minimum Gasteiger partial charge on any atom is -0.497 e. The highest BCUT2D eigenvalue weighted by molar-refractivity contribution is 7.66. The second kappa shape index (κ2) is 31.0. The van der Waals surface area contributed by atoms with Gasteiger partial charge in [-0.15, -0.1) is 0 Å². The summed E-state index contributed by atoms with van der Waals surface area (Å²) < 4.78 is 68.3. The summed E-state index contributed by atoms with van der Waals surface area (Å²) in [6.07, 6.45) is 1.73. The SMILES string of the molecule is CCOP(C)(=O)c1cc(C#Cc2ccc(OC)cc2)cc(CN2CCN(Cc3cc(C#Cc4ccc(OC)cc4)cc([P+](C)=O)n3)CCN(Cc3cc(C#Cc4ccc(OC)cc4)cc([P+](C)=O)n3)[C@@H](CCCCNC(=O)OC(C)(C)C)C2)n1. The maximum Gasteiger partial charge on any atom is 0.407 e. The van der Waals surface area contributed by atoms with Gasteiger partial charge in [-0.3, -0.25) is 19.3 Å². The van der Waals surface area contributed by atoms with E-state index < -0.39 is 34.7 Å². The number of ether oxygens (including phenoxy) is 4. The third kappa shape index (κ3) is 20.5. The molecule has 3 aromatic heterocycles. The molecule has 4 atom stereocenters. The number of amides is 1. The van der Waals surface area contributed by atoms with Gasteiger partial charge in [0.15, 0.2) is 0 Å². The molecular weight excluding hydrogens is 1120 g/mol. The van der Waals surface area contributed by atoms with Crippen molar-refractivity contribution in [1.82, 2.24) is 35.0 Å². The Labute approximate surface area is 497 Å². The number of aromatic nitrogens is 3. The van der Waals surface area contributed by atoms with Crippen LogP contribution in [0.1, 0.15) is 97.4 Å². The Bertz CT molecular complexity index is 3510. The summed E-state index contributed by atoms with van der Waals surface area (Å²) in [5.74, 6) is 21.9. The van der Waals surface area contributed by atoms with Gasteiger partial charge in [-0.25, -0.2) is 19.7 Å². The number of hydrogen-bond acceptors (Lipinski definition) is 15. The van der Waals surface area contributed by atoms with Gasteiger partial charge in [-0.1, -0.05) is 51.1 Å². The number of rotatable bonds is 19. The normalized spacial score (nSPS) is 15.1. The average Bonchev–Trinajstić information content (AvgIpc) is 3.66. The highest BCUT2D eigenvalue weighted by Crippen LogP contribution is 2.40. The topological polar surface area (TPSA) is 175 Å². The van der Waals surface area contributed by atoms with E-state index in [2.05, 4.69) is 55.5 Å². The van der Waals surface area contributed by atoms with Crippen LogP contribution in [0.5, 0.6) is 17.2 Å². The molecule has 1 saturated heterocycles. The molecule has 1 N–H and O–H groups in total. The molecule has 1 aliphatic heterocycles. The third-order valence-corrected chi connectivity index (χ3v) is 17.1. The molecule has 0 bridgehead atoms. The van der Waals surface area contributed by atoms with Gasteiger partial charge in [-0.05, 0) is 138 Å². The molecule has 6 aromatic rings. The summed E-state index contributed by atoms with van der Waals surface area (Å²) in [5, 5.41) is 2.93. The zero-order valence-electron chi connectivity index (χ0n) is 49.9. The van der Waals surface area contributed by atoms with Crippen molar-refractivity contribution in [3.63, 3.8) is 0 Å². The molecule has 1 fully saturated rings. The molecule has 1 aliphatic rings. The van der Waals surface area contributed by atoms with Crippen molar-refractivity contribution in [1.29, 1.82) is 0 Å². The van der Waals surface area contributed by atoms with E-state index in [1.165, 1.54) is 0 Å². The van der Waals surface area contributed by atoms with Crippen molar-refractivity contribution in [2.45, 2.75) is 78.2 Å². The summed E-state index contributed by atoms with van der Waals surface area (Å²) in [5.41, 5.74) is 7.19. The molecule has 84 heavy (non-hydrogen) atoms. The Hall–Kier alpha value is -7.27. The fraction of sp³-hybridized carbons (Fsp3) is 0.385. The maximum absolute atomic E-state index is 14.2. The Kier molecular flexibility index (Phi) is 23.8. The highest BCUT2D eigenvalue weighted by Gasteiger charge is 2.29. The summed E-state index contributed by atoms with van der Waals surface area (Å²) in [6, 6.07) is 33.7. The molecule has 438 valence electrons. The Balaban J connectivity index is 1.29. The monoisotopic (exact) mass is 1190 g/mol. The van der Waals surface area contributed by atoms with Crippen molar-refractivity contribution < 1.29 is 42.0 Å². The van der Waals surface area contributed by atoms with E-state index in [9.17, 15) is 18.5 Å². The third-order valence-electron chi connectivity index (χ3n) is 13.5. The number of methoxy groups -OCH3 is 3. The van der Waals surface area contributed by atoms with Crippen molar-refractivity contribution >= 4 is 45.4 Å². The van der Waals surface area contributed by atoms with Crippen molar-refractivity contribution in [2.75, 3.05) is 87.2 Å². The Morgan fingerprint density at radius 1 is 0.607 bits per heavy atom. The van der Waals surface area contributed by atoms with Crippen LogP contribution in [0.2, 0.25) is 0 Å². The lowest BCUT2D eigenvalue weighted by Crippen LogP contribution is -2.45. The summed E-state index contributed by atoms with van der Waals surface area (Å²) >= 11 is 0. The van der Waals surface area contributed by atoms with Crippen molar-refractivity contribution in [3.05, 3.63) is 160 Å². The second-order valence-corrected chi connectivity index (χ2v) is 26.7. The molecule has 0 aliphatic carbocycles. The molecule has 4 heterocycles. The highest BCUT2D eigenvalue weighted by atomic mass is 31.2. The van der Waals surface area contributed by atoms with Crippen LogP contribution in [0, 0.1) is 35.5 Å². The standard InChI is InChI=1S/C65H75N7O9P3/c1-11-80-84(10,76)63-43-53(20-17-50-25-31-60(79-7)32-26-50)40-55(69-63)45-71-35-34-70(44-54-38-51(41-61(67-54)82(8)74)18-15-48-21-27-58(77-5)28-22-48)36-37-72(57(47-71)14-12-13-33-66-64(73)81-65(2,3)4)46-56-39-52(42-62(68-56)83(9)75)19-16-49-23-29-59(78-6)30-24-49/h21-32,38-43,57H,11-14,33-37,44-47H2,1-10H3/q+1/p+1/t57-,84?/m0/s1. The van der Waals surface area contributed by atoms with E-state index in [0.29, 0.717) is 104 Å². The lowest BCUT2D eigenvalue weighted by atomic mass is 10.1. The number of pyridine rings is 3. The van der Waals surface area contributed by atoms with Gasteiger partial charge in [0, 0.05) is 117 Å². The van der Waals surface area contributed by atoms with Crippen LogP contribution in [0.3, 0.4) is 0 Å². The average molecular weight is 1190 g/mol. The van der Waals surface area contributed by atoms with Crippen LogP contribution in [-0.2, 0) is 42.6 Å². The van der Waals surface area contributed by atoms with Gasteiger partial charge in [0.05, 0.1) is 45.0 Å². The summed E-state index contributed by atoms with van der Waals surface area (Å²) in [4.78, 5) is 34.9. The molecule has 1 amide bonds.